The molecule has 0 aromatic carbocycles. The van der Waals surface area contributed by atoms with Crippen LogP contribution in [0.5, 0.6) is 0 Å². The van der Waals surface area contributed by atoms with Crippen LogP contribution in [0.3, 0.4) is 0 Å². The number of rotatable bonds is 1. The summed E-state index contributed by atoms with van der Waals surface area (Å²) in [6.07, 6.45) is 1.55. The predicted octanol–water partition coefficient (Wildman–Crippen LogP) is 0.699. The van der Waals surface area contributed by atoms with Gasteiger partial charge in [-0.2, -0.15) is 0 Å². The van der Waals surface area contributed by atoms with Crippen molar-refractivity contribution in [3.63, 3.8) is 0 Å². The van der Waals surface area contributed by atoms with Crippen molar-refractivity contribution in [2.45, 2.75) is 6.92 Å². The minimum Gasteiger partial charge on any atom is -0.382 e. The van der Waals surface area contributed by atoms with Gasteiger partial charge in [0.1, 0.15) is 11.5 Å². The quantitative estimate of drug-likeness (QED) is 0.578. The maximum Gasteiger partial charge on any atom is 0.153 e. The van der Waals surface area contributed by atoms with Gasteiger partial charge in [-0.05, 0) is 13.6 Å². The summed E-state index contributed by atoms with van der Waals surface area (Å²) in [7, 11) is 0. The van der Waals surface area contributed by atoms with Crippen molar-refractivity contribution in [3.8, 4) is 0 Å². The van der Waals surface area contributed by atoms with Gasteiger partial charge in [0.25, 0.3) is 0 Å². The first-order valence-corrected chi connectivity index (χ1v) is 2.80. The van der Waals surface area contributed by atoms with Crippen LogP contribution in [-0.4, -0.2) is 16.7 Å². The van der Waals surface area contributed by atoms with E-state index in [-0.39, 0.29) is 0 Å². The molecule has 0 aliphatic heterocycles. The molecule has 0 fully saturated rings. The molecule has 0 aliphatic rings. The van der Waals surface area contributed by atoms with Crippen LogP contribution >= 0.6 is 0 Å². The fourth-order valence-corrected chi connectivity index (χ4v) is 0.603. The molecule has 10 heavy (non-hydrogen) atoms. The Morgan fingerprint density at radius 1 is 1.70 bits per heavy atom. The Labute approximate surface area is 58.8 Å². The Kier molecular flexibility index (Phi) is 1.62. The summed E-state index contributed by atoms with van der Waals surface area (Å²) in [5.74, 6) is 1.02. The second-order valence-electron chi connectivity index (χ2n) is 1.85. The Balaban J connectivity index is 3.19. The fourth-order valence-electron chi connectivity index (χ4n) is 0.603. The van der Waals surface area contributed by atoms with Gasteiger partial charge >= 0.3 is 0 Å². The van der Waals surface area contributed by atoms with Crippen molar-refractivity contribution in [2.24, 2.45) is 4.99 Å². The number of nitrogen functional groups attached to an aromatic ring is 1. The molecule has 4 heteroatoms. The van der Waals surface area contributed by atoms with E-state index >= 15 is 0 Å². The Hall–Kier alpha value is -1.45. The van der Waals surface area contributed by atoms with Crippen LogP contribution in [0.4, 0.5) is 11.5 Å². The lowest BCUT2D eigenvalue weighted by molar-refractivity contribution is 1.06. The van der Waals surface area contributed by atoms with Crippen LogP contribution < -0.4 is 5.73 Å². The molecule has 0 saturated carbocycles. The first kappa shape index (κ1) is 6.67. The van der Waals surface area contributed by atoms with E-state index in [1.54, 1.807) is 13.1 Å². The Bertz CT molecular complexity index is 256. The minimum absolute atomic E-state index is 0.377. The van der Waals surface area contributed by atoms with E-state index in [1.807, 2.05) is 0 Å². The van der Waals surface area contributed by atoms with Crippen LogP contribution in [0.25, 0.3) is 0 Å². The summed E-state index contributed by atoms with van der Waals surface area (Å²) in [6, 6.07) is 0. The van der Waals surface area contributed by atoms with Crippen LogP contribution in [0.1, 0.15) is 5.82 Å². The van der Waals surface area contributed by atoms with Crippen LogP contribution in [0.15, 0.2) is 11.2 Å². The number of aliphatic imine (C=N–C) groups is 1. The zero-order chi connectivity index (χ0) is 7.56. The standard InChI is InChI=1S/C6H8N4/c1-4-9-3-5(8-2)6(7)10-4/h3H,2H2,1H3,(H2,7,9,10). The van der Waals surface area contributed by atoms with E-state index in [2.05, 4.69) is 21.7 Å². The first-order chi connectivity index (χ1) is 4.74. The van der Waals surface area contributed by atoms with Gasteiger partial charge < -0.3 is 5.73 Å². The van der Waals surface area contributed by atoms with Crippen LogP contribution in [-0.2, 0) is 0 Å². The lowest BCUT2D eigenvalue weighted by Gasteiger charge is -1.96. The number of nitrogens with zero attached hydrogens (tertiary/aromatic N) is 3. The normalized spacial score (nSPS) is 9.30. The molecule has 0 bridgehead atoms. The number of aromatic nitrogens is 2. The molecule has 0 aliphatic carbocycles. The van der Waals surface area contributed by atoms with E-state index < -0.39 is 0 Å². The molecular formula is C6H8N4. The number of aryl methyl sites for hydroxylation is 1. The van der Waals surface area contributed by atoms with Gasteiger partial charge in [0.05, 0.1) is 6.20 Å². The van der Waals surface area contributed by atoms with Crippen LogP contribution in [0, 0.1) is 6.92 Å². The van der Waals surface area contributed by atoms with E-state index in [9.17, 15) is 0 Å². The number of hydrogen-bond donors (Lipinski definition) is 1. The zero-order valence-corrected chi connectivity index (χ0v) is 5.70. The monoisotopic (exact) mass is 136 g/mol. The molecule has 52 valence electrons. The zero-order valence-electron chi connectivity index (χ0n) is 5.70. The summed E-state index contributed by atoms with van der Waals surface area (Å²) in [5, 5.41) is 0. The highest BCUT2D eigenvalue weighted by Crippen LogP contribution is 2.15. The molecular weight excluding hydrogens is 128 g/mol. The summed E-state index contributed by atoms with van der Waals surface area (Å²) < 4.78 is 0. The van der Waals surface area contributed by atoms with Gasteiger partial charge in [-0.15, -0.1) is 0 Å². The lowest BCUT2D eigenvalue weighted by atomic mass is 10.5. The molecule has 1 aromatic rings. The fraction of sp³-hybridized carbons (Fsp3) is 0.167. The molecule has 0 unspecified atom stereocenters. The second-order valence-corrected chi connectivity index (χ2v) is 1.85. The third-order valence-corrected chi connectivity index (χ3v) is 1.09. The van der Waals surface area contributed by atoms with Crippen molar-refractivity contribution in [3.05, 3.63) is 12.0 Å². The van der Waals surface area contributed by atoms with Crippen molar-refractivity contribution in [2.75, 3.05) is 5.73 Å². The van der Waals surface area contributed by atoms with Crippen molar-refractivity contribution in [1.29, 1.82) is 0 Å². The molecule has 0 amide bonds. The molecule has 4 nitrogen and oxygen atoms in total. The average Bonchev–Trinajstić information content (AvgIpc) is 1.88. The minimum atomic E-state index is 0.377. The maximum absolute atomic E-state index is 5.45. The van der Waals surface area contributed by atoms with Crippen molar-refractivity contribution >= 4 is 18.2 Å². The molecule has 0 radical (unpaired) electrons. The van der Waals surface area contributed by atoms with Gasteiger partial charge in [-0.3, -0.25) is 4.99 Å². The molecule has 0 spiro atoms. The van der Waals surface area contributed by atoms with Gasteiger partial charge in [-0.25, -0.2) is 9.97 Å². The number of hydrogen-bond acceptors (Lipinski definition) is 4. The number of anilines is 1. The highest BCUT2D eigenvalue weighted by molar-refractivity contribution is 5.58. The summed E-state index contributed by atoms with van der Waals surface area (Å²) in [6.45, 7) is 5.08. The third-order valence-electron chi connectivity index (χ3n) is 1.09. The second kappa shape index (κ2) is 2.43. The molecule has 0 saturated heterocycles. The van der Waals surface area contributed by atoms with Gasteiger partial charge in [-0.1, -0.05) is 0 Å². The van der Waals surface area contributed by atoms with E-state index in [1.165, 1.54) is 0 Å². The molecule has 1 heterocycles. The summed E-state index contributed by atoms with van der Waals surface area (Å²) in [4.78, 5) is 11.4. The molecule has 1 aromatic heterocycles. The van der Waals surface area contributed by atoms with Crippen molar-refractivity contribution < 1.29 is 0 Å². The van der Waals surface area contributed by atoms with Crippen molar-refractivity contribution in [1.82, 2.24) is 9.97 Å². The largest absolute Gasteiger partial charge is 0.382 e. The summed E-state index contributed by atoms with van der Waals surface area (Å²) >= 11 is 0. The van der Waals surface area contributed by atoms with Gasteiger partial charge in [0.15, 0.2) is 5.82 Å². The van der Waals surface area contributed by atoms with E-state index in [0.29, 0.717) is 17.3 Å². The van der Waals surface area contributed by atoms with E-state index in [4.69, 9.17) is 5.73 Å². The van der Waals surface area contributed by atoms with Gasteiger partial charge in [0.2, 0.25) is 0 Å². The first-order valence-electron chi connectivity index (χ1n) is 2.80. The number of nitrogens with two attached hydrogens (primary N) is 1. The SMILES string of the molecule is C=Nc1cnc(C)nc1N. The third kappa shape index (κ3) is 1.10. The molecule has 1 rings (SSSR count). The highest BCUT2D eigenvalue weighted by Gasteiger charge is 1.96. The van der Waals surface area contributed by atoms with Crippen LogP contribution in [0.2, 0.25) is 0 Å². The summed E-state index contributed by atoms with van der Waals surface area (Å²) in [5.41, 5.74) is 5.98. The average molecular weight is 136 g/mol. The smallest absolute Gasteiger partial charge is 0.153 e. The Morgan fingerprint density at radius 2 is 2.40 bits per heavy atom. The molecule has 0 atom stereocenters. The molecule has 2 N–H and O–H groups in total. The highest BCUT2D eigenvalue weighted by atomic mass is 15.0. The maximum atomic E-state index is 5.45. The van der Waals surface area contributed by atoms with Gasteiger partial charge in [0, 0.05) is 0 Å². The lowest BCUT2D eigenvalue weighted by Crippen LogP contribution is -1.94. The van der Waals surface area contributed by atoms with E-state index in [0.717, 1.165) is 0 Å². The predicted molar refractivity (Wildman–Crippen MR) is 40.4 cm³/mol. The Morgan fingerprint density at radius 3 is 2.90 bits per heavy atom. The topological polar surface area (TPSA) is 64.2 Å².